The lowest BCUT2D eigenvalue weighted by Gasteiger charge is -2.27. The highest BCUT2D eigenvalue weighted by Crippen LogP contribution is 2.19. The molecule has 0 aliphatic carbocycles. The number of rotatable bonds is 7. The lowest BCUT2D eigenvalue weighted by molar-refractivity contribution is -0.124. The van der Waals surface area contributed by atoms with Crippen molar-refractivity contribution in [2.75, 3.05) is 53.4 Å². The normalized spacial score (nSPS) is 16.4. The largest absolute Gasteiger partial charge is 0.354 e. The first kappa shape index (κ1) is 19.5. The van der Waals surface area contributed by atoms with Crippen LogP contribution < -0.4 is 16.0 Å². The Morgan fingerprint density at radius 3 is 2.68 bits per heavy atom. The lowest BCUT2D eigenvalue weighted by atomic mass is 10.1. The molecular weight excluding hydrogens is 342 g/mol. The van der Waals surface area contributed by atoms with E-state index in [0.717, 1.165) is 12.1 Å². The zero-order chi connectivity index (χ0) is 18.2. The zero-order valence-electron chi connectivity index (χ0n) is 14.7. The number of hydrogen-bond donors (Lipinski definition) is 3. The van der Waals surface area contributed by atoms with E-state index in [2.05, 4.69) is 20.9 Å². The highest BCUT2D eigenvalue weighted by atomic mass is 35.5. The van der Waals surface area contributed by atoms with Crippen LogP contribution in [0.2, 0.25) is 5.02 Å². The molecule has 1 atom stereocenters. The molecule has 25 heavy (non-hydrogen) atoms. The molecule has 0 saturated carbocycles. The molecule has 3 amide bonds. The summed E-state index contributed by atoms with van der Waals surface area (Å²) in [6.45, 7) is 3.53. The van der Waals surface area contributed by atoms with Gasteiger partial charge in [-0.15, -0.1) is 0 Å². The van der Waals surface area contributed by atoms with Gasteiger partial charge >= 0.3 is 6.03 Å². The summed E-state index contributed by atoms with van der Waals surface area (Å²) in [5.41, 5.74) is 1.09. The van der Waals surface area contributed by atoms with Crippen LogP contribution in [0.25, 0.3) is 0 Å². The minimum Gasteiger partial charge on any atom is -0.354 e. The quantitative estimate of drug-likeness (QED) is 0.662. The van der Waals surface area contributed by atoms with Crippen LogP contribution in [-0.4, -0.2) is 75.1 Å². The van der Waals surface area contributed by atoms with Gasteiger partial charge in [0.1, 0.15) is 0 Å². The van der Waals surface area contributed by atoms with Crippen LogP contribution in [0.3, 0.4) is 0 Å². The van der Waals surface area contributed by atoms with E-state index in [1.807, 2.05) is 43.3 Å². The van der Waals surface area contributed by atoms with Gasteiger partial charge in [0.2, 0.25) is 5.91 Å². The molecule has 1 aromatic carbocycles. The van der Waals surface area contributed by atoms with Crippen molar-refractivity contribution in [3.8, 4) is 0 Å². The van der Waals surface area contributed by atoms with E-state index in [1.54, 1.807) is 0 Å². The second-order valence-electron chi connectivity index (χ2n) is 6.29. The highest BCUT2D eigenvalue weighted by molar-refractivity contribution is 6.30. The molecule has 0 spiro atoms. The number of carbonyl (C=O) groups is 2. The molecule has 138 valence electrons. The van der Waals surface area contributed by atoms with Crippen molar-refractivity contribution >= 4 is 23.5 Å². The molecule has 0 radical (unpaired) electrons. The lowest BCUT2D eigenvalue weighted by Crippen LogP contribution is -2.50. The number of urea groups is 1. The van der Waals surface area contributed by atoms with E-state index < -0.39 is 0 Å². The Morgan fingerprint density at radius 1 is 1.32 bits per heavy atom. The Morgan fingerprint density at radius 2 is 2.04 bits per heavy atom. The fourth-order valence-corrected chi connectivity index (χ4v) is 2.87. The van der Waals surface area contributed by atoms with E-state index in [4.69, 9.17) is 11.6 Å². The van der Waals surface area contributed by atoms with E-state index >= 15 is 0 Å². The summed E-state index contributed by atoms with van der Waals surface area (Å²) in [5, 5.41) is 9.21. The molecule has 1 heterocycles. The SMILES string of the molecule is CN(C)C(CNC(=O)NCCN1CCNC(=O)C1)c1ccc(Cl)cc1. The number of nitrogens with zero attached hydrogens (tertiary/aromatic N) is 2. The van der Waals surface area contributed by atoms with Crippen LogP contribution in [0.1, 0.15) is 11.6 Å². The molecule has 1 unspecified atom stereocenters. The second-order valence-corrected chi connectivity index (χ2v) is 6.73. The van der Waals surface area contributed by atoms with Crippen molar-refractivity contribution in [3.63, 3.8) is 0 Å². The standard InChI is InChI=1S/C17H26ClN5O2/c1-22(2)15(13-3-5-14(18)6-4-13)11-21-17(25)20-8-10-23-9-7-19-16(24)12-23/h3-6,15H,7-12H2,1-2H3,(H,19,24)(H2,20,21,25). The summed E-state index contributed by atoms with van der Waals surface area (Å²) in [7, 11) is 3.94. The third-order valence-electron chi connectivity index (χ3n) is 4.17. The number of halogens is 1. The molecule has 1 aliphatic heterocycles. The molecule has 3 N–H and O–H groups in total. The van der Waals surface area contributed by atoms with Crippen molar-refractivity contribution in [3.05, 3.63) is 34.9 Å². The van der Waals surface area contributed by atoms with Crippen LogP contribution in [0.5, 0.6) is 0 Å². The smallest absolute Gasteiger partial charge is 0.314 e. The topological polar surface area (TPSA) is 76.7 Å². The predicted octanol–water partition coefficient (Wildman–Crippen LogP) is 0.674. The van der Waals surface area contributed by atoms with Gasteiger partial charge in [0.15, 0.2) is 0 Å². The maximum absolute atomic E-state index is 12.0. The van der Waals surface area contributed by atoms with E-state index in [1.165, 1.54) is 0 Å². The van der Waals surface area contributed by atoms with Crippen molar-refractivity contribution in [1.29, 1.82) is 0 Å². The molecule has 1 aromatic rings. The number of likely N-dealkylation sites (N-methyl/N-ethyl adjacent to an activating group) is 1. The third-order valence-corrected chi connectivity index (χ3v) is 4.42. The molecule has 1 saturated heterocycles. The van der Waals surface area contributed by atoms with Gasteiger partial charge in [0.25, 0.3) is 0 Å². The second kappa shape index (κ2) is 9.60. The number of piperazine rings is 1. The minimum atomic E-state index is -0.206. The van der Waals surface area contributed by atoms with Crippen LogP contribution in [0, 0.1) is 0 Å². The molecule has 0 bridgehead atoms. The minimum absolute atomic E-state index is 0.0347. The van der Waals surface area contributed by atoms with Crippen molar-refractivity contribution in [1.82, 2.24) is 25.8 Å². The fourth-order valence-electron chi connectivity index (χ4n) is 2.75. The maximum atomic E-state index is 12.0. The average molecular weight is 368 g/mol. The van der Waals surface area contributed by atoms with Gasteiger partial charge in [-0.25, -0.2) is 4.79 Å². The van der Waals surface area contributed by atoms with Crippen LogP contribution in [-0.2, 0) is 4.79 Å². The summed E-state index contributed by atoms with van der Waals surface area (Å²) in [5.74, 6) is 0.0347. The summed E-state index contributed by atoms with van der Waals surface area (Å²) in [4.78, 5) is 27.4. The van der Waals surface area contributed by atoms with Crippen molar-refractivity contribution in [2.45, 2.75) is 6.04 Å². The molecule has 2 rings (SSSR count). The van der Waals surface area contributed by atoms with Crippen LogP contribution >= 0.6 is 11.6 Å². The summed E-state index contributed by atoms with van der Waals surface area (Å²) in [6.07, 6.45) is 0. The first-order valence-electron chi connectivity index (χ1n) is 8.38. The van der Waals surface area contributed by atoms with Gasteiger partial charge in [-0.2, -0.15) is 0 Å². The van der Waals surface area contributed by atoms with Gasteiger partial charge in [0, 0.05) is 37.7 Å². The molecule has 7 nitrogen and oxygen atoms in total. The van der Waals surface area contributed by atoms with Crippen LogP contribution in [0.15, 0.2) is 24.3 Å². The number of amides is 3. The highest BCUT2D eigenvalue weighted by Gasteiger charge is 2.17. The van der Waals surface area contributed by atoms with Crippen LogP contribution in [0.4, 0.5) is 4.79 Å². The first-order valence-corrected chi connectivity index (χ1v) is 8.76. The van der Waals surface area contributed by atoms with Gasteiger partial charge in [-0.3, -0.25) is 9.69 Å². The van der Waals surface area contributed by atoms with Gasteiger partial charge in [-0.05, 0) is 31.8 Å². The molecule has 0 aromatic heterocycles. The Hall–Kier alpha value is -1.83. The summed E-state index contributed by atoms with van der Waals surface area (Å²) < 4.78 is 0. The zero-order valence-corrected chi connectivity index (χ0v) is 15.5. The molecular formula is C17H26ClN5O2. The van der Waals surface area contributed by atoms with Gasteiger partial charge in [-0.1, -0.05) is 23.7 Å². The fraction of sp³-hybridized carbons (Fsp3) is 0.529. The number of hydrogen-bond acceptors (Lipinski definition) is 4. The van der Waals surface area contributed by atoms with Crippen molar-refractivity contribution in [2.24, 2.45) is 0 Å². The average Bonchev–Trinajstić information content (AvgIpc) is 2.56. The van der Waals surface area contributed by atoms with Gasteiger partial charge < -0.3 is 20.9 Å². The molecule has 8 heteroatoms. The Labute approximate surface area is 153 Å². The summed E-state index contributed by atoms with van der Waals surface area (Å²) >= 11 is 5.93. The number of benzene rings is 1. The summed E-state index contributed by atoms with van der Waals surface area (Å²) in [6, 6.07) is 7.49. The van der Waals surface area contributed by atoms with Crippen molar-refractivity contribution < 1.29 is 9.59 Å². The molecule has 1 fully saturated rings. The molecule has 1 aliphatic rings. The van der Waals surface area contributed by atoms with Gasteiger partial charge in [0.05, 0.1) is 12.6 Å². The monoisotopic (exact) mass is 367 g/mol. The number of nitrogens with one attached hydrogen (secondary N) is 3. The Bertz CT molecular complexity index is 579. The first-order chi connectivity index (χ1) is 12.0. The Kier molecular flexibility index (Phi) is 7.49. The third kappa shape index (κ3) is 6.53. The van der Waals surface area contributed by atoms with E-state index in [9.17, 15) is 9.59 Å². The maximum Gasteiger partial charge on any atom is 0.314 e. The predicted molar refractivity (Wildman–Crippen MR) is 98.7 cm³/mol. The van der Waals surface area contributed by atoms with E-state index in [0.29, 0.717) is 37.7 Å². The van der Waals surface area contributed by atoms with E-state index in [-0.39, 0.29) is 18.0 Å². The number of carbonyl (C=O) groups excluding carboxylic acids is 2. The Balaban J connectivity index is 1.73.